The van der Waals surface area contributed by atoms with Crippen LogP contribution in [0.1, 0.15) is 55.3 Å². The lowest BCUT2D eigenvalue weighted by molar-refractivity contribution is -0.113. The second kappa shape index (κ2) is 11.2. The van der Waals surface area contributed by atoms with E-state index in [1.165, 1.54) is 17.3 Å². The Hall–Kier alpha value is -3.06. The molecular weight excluding hydrogens is 432 g/mol. The van der Waals surface area contributed by atoms with E-state index in [1.54, 1.807) is 6.08 Å². The first-order chi connectivity index (χ1) is 15.8. The van der Waals surface area contributed by atoms with Gasteiger partial charge < -0.3 is 10.1 Å². The van der Waals surface area contributed by atoms with Crippen LogP contribution in [0.3, 0.4) is 0 Å². The average Bonchev–Trinajstić information content (AvgIpc) is 3.18. The molecule has 1 aromatic heterocycles. The minimum atomic E-state index is -0.305. The van der Waals surface area contributed by atoms with Crippen LogP contribution in [-0.4, -0.2) is 26.4 Å². The van der Waals surface area contributed by atoms with Gasteiger partial charge in [-0.3, -0.25) is 9.36 Å². The summed E-state index contributed by atoms with van der Waals surface area (Å²) >= 11 is 1.35. The number of aromatic nitrogens is 3. The van der Waals surface area contributed by atoms with Crippen molar-refractivity contribution in [2.75, 3.05) is 11.1 Å². The molecule has 1 amide bonds. The van der Waals surface area contributed by atoms with E-state index in [4.69, 9.17) is 4.74 Å². The van der Waals surface area contributed by atoms with E-state index in [2.05, 4.69) is 48.1 Å². The van der Waals surface area contributed by atoms with Crippen LogP contribution in [0, 0.1) is 13.8 Å². The van der Waals surface area contributed by atoms with Crippen LogP contribution in [-0.2, 0) is 11.3 Å². The highest BCUT2D eigenvalue weighted by molar-refractivity contribution is 7.99. The zero-order valence-corrected chi connectivity index (χ0v) is 20.8. The van der Waals surface area contributed by atoms with Gasteiger partial charge in [-0.05, 0) is 55.5 Å². The third kappa shape index (κ3) is 6.26. The third-order valence-electron chi connectivity index (χ3n) is 5.36. The summed E-state index contributed by atoms with van der Waals surface area (Å²) in [6.45, 7) is 14.6. The van der Waals surface area contributed by atoms with E-state index in [0.29, 0.717) is 23.4 Å². The van der Waals surface area contributed by atoms with Crippen molar-refractivity contribution in [3.8, 4) is 5.75 Å². The summed E-state index contributed by atoms with van der Waals surface area (Å²) in [4.78, 5) is 12.6. The van der Waals surface area contributed by atoms with Gasteiger partial charge in [0.2, 0.25) is 5.91 Å². The highest BCUT2D eigenvalue weighted by Crippen LogP contribution is 2.26. The van der Waals surface area contributed by atoms with Crippen molar-refractivity contribution in [3.05, 3.63) is 77.6 Å². The predicted molar refractivity (Wildman–Crippen MR) is 135 cm³/mol. The molecule has 0 radical (unpaired) electrons. The Balaban J connectivity index is 1.68. The van der Waals surface area contributed by atoms with Gasteiger partial charge in [0.15, 0.2) is 17.1 Å². The van der Waals surface area contributed by atoms with Gasteiger partial charge in [-0.15, -0.1) is 16.8 Å². The van der Waals surface area contributed by atoms with E-state index >= 15 is 0 Å². The van der Waals surface area contributed by atoms with E-state index in [-0.39, 0.29) is 17.8 Å². The van der Waals surface area contributed by atoms with Crippen molar-refractivity contribution < 1.29 is 9.53 Å². The molecule has 0 bridgehead atoms. The largest absolute Gasteiger partial charge is 0.483 e. The zero-order chi connectivity index (χ0) is 24.0. The van der Waals surface area contributed by atoms with Crippen LogP contribution in [0.15, 0.2) is 60.3 Å². The molecule has 7 heteroatoms. The van der Waals surface area contributed by atoms with E-state index in [1.807, 2.05) is 55.7 Å². The topological polar surface area (TPSA) is 69.0 Å². The van der Waals surface area contributed by atoms with Gasteiger partial charge in [-0.2, -0.15) is 0 Å². The number of nitrogens with zero attached hydrogens (tertiary/aromatic N) is 3. The van der Waals surface area contributed by atoms with Crippen LogP contribution in [0.4, 0.5) is 5.69 Å². The average molecular weight is 465 g/mol. The van der Waals surface area contributed by atoms with Crippen LogP contribution >= 0.6 is 11.8 Å². The maximum Gasteiger partial charge on any atom is 0.234 e. The Kier molecular flexibility index (Phi) is 8.33. The number of allylic oxidation sites excluding steroid dienone is 1. The Labute approximate surface area is 200 Å². The number of carbonyl (C=O) groups excluding carboxylic acids is 1. The van der Waals surface area contributed by atoms with Crippen molar-refractivity contribution in [1.29, 1.82) is 0 Å². The molecule has 0 saturated carbocycles. The molecule has 2 aromatic carbocycles. The Morgan fingerprint density at radius 3 is 2.39 bits per heavy atom. The molecule has 0 aliphatic heterocycles. The summed E-state index contributed by atoms with van der Waals surface area (Å²) in [6, 6.07) is 14.1. The Bertz CT molecular complexity index is 1090. The maximum atomic E-state index is 12.6. The summed E-state index contributed by atoms with van der Waals surface area (Å²) in [5, 5.41) is 12.3. The molecule has 1 atom stereocenters. The van der Waals surface area contributed by atoms with Crippen molar-refractivity contribution in [2.24, 2.45) is 0 Å². The summed E-state index contributed by atoms with van der Waals surface area (Å²) < 4.78 is 8.06. The molecule has 1 heterocycles. The van der Waals surface area contributed by atoms with Crippen LogP contribution in [0.5, 0.6) is 5.75 Å². The fourth-order valence-corrected chi connectivity index (χ4v) is 4.27. The van der Waals surface area contributed by atoms with Crippen molar-refractivity contribution in [3.63, 3.8) is 0 Å². The molecule has 0 spiro atoms. The number of hydrogen-bond acceptors (Lipinski definition) is 5. The lowest BCUT2D eigenvalue weighted by Gasteiger charge is -2.16. The second-order valence-electron chi connectivity index (χ2n) is 8.33. The first-order valence-electron chi connectivity index (χ1n) is 11.1. The minimum absolute atomic E-state index is 0.0818. The summed E-state index contributed by atoms with van der Waals surface area (Å²) in [5.74, 6) is 2.10. The first-order valence-corrected chi connectivity index (χ1v) is 12.1. The molecule has 0 fully saturated rings. The number of benzene rings is 2. The van der Waals surface area contributed by atoms with E-state index in [0.717, 1.165) is 22.6 Å². The van der Waals surface area contributed by atoms with E-state index < -0.39 is 0 Å². The molecular formula is C26H32N4O2S. The van der Waals surface area contributed by atoms with Crippen molar-refractivity contribution in [2.45, 2.75) is 58.3 Å². The normalized spacial score (nSPS) is 11.9. The summed E-state index contributed by atoms with van der Waals surface area (Å²) in [5.41, 5.74) is 4.21. The number of rotatable bonds is 10. The van der Waals surface area contributed by atoms with Gasteiger partial charge in [-0.25, -0.2) is 0 Å². The summed E-state index contributed by atoms with van der Waals surface area (Å²) in [6.07, 6.45) is 1.48. The molecule has 1 unspecified atom stereocenters. The SMILES string of the molecule is C=CCn1c(SCC(=O)Nc2c(C)cccc2C)nnc1C(C)Oc1ccc(C(C)C)cc1. The predicted octanol–water partition coefficient (Wildman–Crippen LogP) is 6.08. The number of aryl methyl sites for hydroxylation is 2. The molecule has 0 saturated heterocycles. The second-order valence-corrected chi connectivity index (χ2v) is 9.27. The molecule has 0 aliphatic carbocycles. The van der Waals surface area contributed by atoms with Crippen molar-refractivity contribution in [1.82, 2.24) is 14.8 Å². The lowest BCUT2D eigenvalue weighted by atomic mass is 10.0. The lowest BCUT2D eigenvalue weighted by Crippen LogP contribution is -2.16. The van der Waals surface area contributed by atoms with Crippen LogP contribution in [0.25, 0.3) is 0 Å². The van der Waals surface area contributed by atoms with Gasteiger partial charge in [0.1, 0.15) is 5.75 Å². The molecule has 3 aromatic rings. The molecule has 174 valence electrons. The number of amides is 1. The fourth-order valence-electron chi connectivity index (χ4n) is 3.51. The van der Waals surface area contributed by atoms with E-state index in [9.17, 15) is 4.79 Å². The van der Waals surface area contributed by atoms with Gasteiger partial charge in [0, 0.05) is 12.2 Å². The number of carbonyl (C=O) groups is 1. The quantitative estimate of drug-likeness (QED) is 0.291. The highest BCUT2D eigenvalue weighted by atomic mass is 32.2. The maximum absolute atomic E-state index is 12.6. The number of ether oxygens (including phenoxy) is 1. The molecule has 1 N–H and O–H groups in total. The summed E-state index contributed by atoms with van der Waals surface area (Å²) in [7, 11) is 0. The van der Waals surface area contributed by atoms with Crippen LogP contribution in [0.2, 0.25) is 0 Å². The highest BCUT2D eigenvalue weighted by Gasteiger charge is 2.20. The first kappa shape index (κ1) is 24.6. The zero-order valence-electron chi connectivity index (χ0n) is 20.0. The number of nitrogens with one attached hydrogen (secondary N) is 1. The minimum Gasteiger partial charge on any atom is -0.483 e. The van der Waals surface area contributed by atoms with Gasteiger partial charge in [0.25, 0.3) is 0 Å². The molecule has 3 rings (SSSR count). The number of thioether (sulfide) groups is 1. The van der Waals surface area contributed by atoms with Gasteiger partial charge in [0.05, 0.1) is 5.75 Å². The standard InChI is InChI=1S/C26H32N4O2S/c1-7-15-30-25(20(6)32-22-13-11-21(12-14-22)17(2)3)28-29-26(30)33-16-23(31)27-24-18(4)9-8-10-19(24)5/h7-14,17,20H,1,15-16H2,2-6H3,(H,27,31). The molecule has 6 nitrogen and oxygen atoms in total. The fraction of sp³-hybridized carbons (Fsp3) is 0.346. The van der Waals surface area contributed by atoms with Gasteiger partial charge in [-0.1, -0.05) is 62.0 Å². The monoisotopic (exact) mass is 464 g/mol. The van der Waals surface area contributed by atoms with Crippen LogP contribution < -0.4 is 10.1 Å². The number of anilines is 1. The molecule has 0 aliphatic rings. The van der Waals surface area contributed by atoms with Gasteiger partial charge >= 0.3 is 0 Å². The van der Waals surface area contributed by atoms with Crippen molar-refractivity contribution >= 4 is 23.4 Å². The number of hydrogen-bond donors (Lipinski definition) is 1. The Morgan fingerprint density at radius 2 is 1.79 bits per heavy atom. The Morgan fingerprint density at radius 1 is 1.12 bits per heavy atom. The molecule has 33 heavy (non-hydrogen) atoms. The third-order valence-corrected chi connectivity index (χ3v) is 6.33. The number of para-hydroxylation sites is 1. The smallest absolute Gasteiger partial charge is 0.234 e.